The molecule has 1 saturated carbocycles. The van der Waals surface area contributed by atoms with Crippen molar-refractivity contribution >= 4 is 5.69 Å². The lowest BCUT2D eigenvalue weighted by molar-refractivity contribution is 0.112. The van der Waals surface area contributed by atoms with Gasteiger partial charge in [0, 0.05) is 11.3 Å². The summed E-state index contributed by atoms with van der Waals surface area (Å²) in [6, 6.07) is 7.62. The lowest BCUT2D eigenvalue weighted by atomic mass is 9.93. The molecule has 0 heterocycles. The Morgan fingerprint density at radius 2 is 1.86 bits per heavy atom. The smallest absolute Gasteiger partial charge is 0.0838 e. The molecule has 0 spiro atoms. The van der Waals surface area contributed by atoms with Gasteiger partial charge in [-0.05, 0) is 24.8 Å². The second-order valence-corrected chi connectivity index (χ2v) is 4.12. The molecule has 1 fully saturated rings. The number of hydrogen-bond donors (Lipinski definition) is 2. The van der Waals surface area contributed by atoms with Crippen LogP contribution in [0.25, 0.3) is 0 Å². The molecule has 1 aliphatic carbocycles. The third-order valence-corrected chi connectivity index (χ3v) is 3.16. The van der Waals surface area contributed by atoms with E-state index in [2.05, 4.69) is 0 Å². The number of hydrogen-bond acceptors (Lipinski definition) is 2. The molecule has 0 saturated heterocycles. The van der Waals surface area contributed by atoms with Crippen molar-refractivity contribution in [1.29, 1.82) is 0 Å². The van der Waals surface area contributed by atoms with Gasteiger partial charge in [-0.25, -0.2) is 0 Å². The summed E-state index contributed by atoms with van der Waals surface area (Å²) >= 11 is 0. The van der Waals surface area contributed by atoms with Crippen molar-refractivity contribution in [2.75, 3.05) is 5.73 Å². The number of rotatable bonds is 2. The van der Waals surface area contributed by atoms with Crippen LogP contribution in [0.4, 0.5) is 5.69 Å². The first kappa shape index (κ1) is 9.53. The van der Waals surface area contributed by atoms with Crippen LogP contribution in [0.3, 0.4) is 0 Å². The number of anilines is 1. The number of aliphatic hydroxyl groups is 1. The first-order chi connectivity index (χ1) is 6.79. The zero-order valence-electron chi connectivity index (χ0n) is 8.32. The highest BCUT2D eigenvalue weighted by Gasteiger charge is 2.25. The van der Waals surface area contributed by atoms with Crippen LogP contribution in [0.15, 0.2) is 24.3 Å². The van der Waals surface area contributed by atoms with Gasteiger partial charge in [0.05, 0.1) is 6.10 Å². The van der Waals surface area contributed by atoms with Gasteiger partial charge in [-0.15, -0.1) is 0 Å². The molecule has 1 aliphatic rings. The normalized spacial score (nSPS) is 19.8. The van der Waals surface area contributed by atoms with Crippen LogP contribution in [0.1, 0.15) is 37.4 Å². The second-order valence-electron chi connectivity index (χ2n) is 4.12. The highest BCUT2D eigenvalue weighted by atomic mass is 16.3. The molecule has 2 nitrogen and oxygen atoms in total. The van der Waals surface area contributed by atoms with Gasteiger partial charge < -0.3 is 10.8 Å². The van der Waals surface area contributed by atoms with Crippen LogP contribution in [-0.4, -0.2) is 5.11 Å². The Bertz CT molecular complexity index is 305. The van der Waals surface area contributed by atoms with E-state index in [0.29, 0.717) is 11.6 Å². The van der Waals surface area contributed by atoms with E-state index in [9.17, 15) is 5.11 Å². The molecule has 3 N–H and O–H groups in total. The van der Waals surface area contributed by atoms with E-state index >= 15 is 0 Å². The number of nitrogens with two attached hydrogens (primary N) is 1. The van der Waals surface area contributed by atoms with E-state index < -0.39 is 0 Å². The Morgan fingerprint density at radius 1 is 1.21 bits per heavy atom. The minimum absolute atomic E-state index is 0.362. The summed E-state index contributed by atoms with van der Waals surface area (Å²) in [6.07, 6.45) is 4.40. The molecule has 1 aromatic carbocycles. The highest BCUT2D eigenvalue weighted by Crippen LogP contribution is 2.37. The lowest BCUT2D eigenvalue weighted by Gasteiger charge is -2.19. The fourth-order valence-electron chi connectivity index (χ4n) is 2.31. The van der Waals surface area contributed by atoms with Crippen molar-refractivity contribution in [3.63, 3.8) is 0 Å². The molecule has 0 aliphatic heterocycles. The SMILES string of the molecule is Nc1ccccc1[C@@H](O)C1CCCC1. The zero-order valence-corrected chi connectivity index (χ0v) is 8.32. The van der Waals surface area contributed by atoms with E-state index in [1.54, 1.807) is 0 Å². The van der Waals surface area contributed by atoms with Crippen LogP contribution in [-0.2, 0) is 0 Å². The predicted molar refractivity (Wildman–Crippen MR) is 57.8 cm³/mol. The molecule has 2 heteroatoms. The van der Waals surface area contributed by atoms with Gasteiger partial charge in [-0.2, -0.15) is 0 Å². The summed E-state index contributed by atoms with van der Waals surface area (Å²) in [4.78, 5) is 0. The highest BCUT2D eigenvalue weighted by molar-refractivity contribution is 5.47. The Hall–Kier alpha value is -1.02. The molecule has 0 aromatic heterocycles. The van der Waals surface area contributed by atoms with E-state index in [0.717, 1.165) is 18.4 Å². The molecule has 1 atom stereocenters. The van der Waals surface area contributed by atoms with Gasteiger partial charge in [-0.3, -0.25) is 0 Å². The van der Waals surface area contributed by atoms with Gasteiger partial charge in [0.2, 0.25) is 0 Å². The van der Waals surface area contributed by atoms with Crippen LogP contribution in [0, 0.1) is 5.92 Å². The topological polar surface area (TPSA) is 46.2 Å². The van der Waals surface area contributed by atoms with Gasteiger partial charge in [0.1, 0.15) is 0 Å². The fourth-order valence-corrected chi connectivity index (χ4v) is 2.31. The van der Waals surface area contributed by atoms with Crippen molar-refractivity contribution in [2.24, 2.45) is 5.92 Å². The van der Waals surface area contributed by atoms with E-state index in [1.165, 1.54) is 12.8 Å². The fraction of sp³-hybridized carbons (Fsp3) is 0.500. The number of aliphatic hydroxyl groups excluding tert-OH is 1. The van der Waals surface area contributed by atoms with E-state index in [-0.39, 0.29) is 6.10 Å². The maximum Gasteiger partial charge on any atom is 0.0838 e. The van der Waals surface area contributed by atoms with Gasteiger partial charge in [0.25, 0.3) is 0 Å². The zero-order chi connectivity index (χ0) is 9.97. The largest absolute Gasteiger partial charge is 0.398 e. The van der Waals surface area contributed by atoms with E-state index in [1.807, 2.05) is 24.3 Å². The molecule has 76 valence electrons. The summed E-state index contributed by atoms with van der Waals surface area (Å²) in [6.45, 7) is 0. The quantitative estimate of drug-likeness (QED) is 0.705. The third-order valence-electron chi connectivity index (χ3n) is 3.16. The summed E-state index contributed by atoms with van der Waals surface area (Å²) in [5.74, 6) is 0.416. The predicted octanol–water partition coefficient (Wildman–Crippen LogP) is 2.49. The van der Waals surface area contributed by atoms with Crippen LogP contribution < -0.4 is 5.73 Å². The monoisotopic (exact) mass is 191 g/mol. The van der Waals surface area contributed by atoms with Crippen molar-refractivity contribution in [3.05, 3.63) is 29.8 Å². The number of benzene rings is 1. The third kappa shape index (κ3) is 1.75. The lowest BCUT2D eigenvalue weighted by Crippen LogP contribution is -2.10. The van der Waals surface area contributed by atoms with Crippen molar-refractivity contribution in [3.8, 4) is 0 Å². The van der Waals surface area contributed by atoms with Crippen LogP contribution in [0.5, 0.6) is 0 Å². The molecule has 0 unspecified atom stereocenters. The van der Waals surface area contributed by atoms with Crippen LogP contribution in [0.2, 0.25) is 0 Å². The average molecular weight is 191 g/mol. The van der Waals surface area contributed by atoms with Gasteiger partial charge in [-0.1, -0.05) is 31.0 Å². The molecular formula is C12H17NO. The summed E-state index contributed by atoms with van der Waals surface area (Å²) in [5, 5.41) is 10.1. The number of nitrogen functional groups attached to an aromatic ring is 1. The first-order valence-electron chi connectivity index (χ1n) is 5.31. The first-order valence-corrected chi connectivity index (χ1v) is 5.31. The van der Waals surface area contributed by atoms with Crippen LogP contribution >= 0.6 is 0 Å². The molecule has 2 rings (SSSR count). The Balaban J connectivity index is 2.17. The average Bonchev–Trinajstić information content (AvgIpc) is 2.70. The standard InChI is InChI=1S/C12H17NO/c13-11-8-4-3-7-10(11)12(14)9-5-1-2-6-9/h3-4,7-9,12,14H,1-2,5-6,13H2/t12-/m0/s1. The second kappa shape index (κ2) is 4.01. The van der Waals surface area contributed by atoms with Gasteiger partial charge in [0.15, 0.2) is 0 Å². The minimum Gasteiger partial charge on any atom is -0.398 e. The van der Waals surface area contributed by atoms with Crippen molar-refractivity contribution in [2.45, 2.75) is 31.8 Å². The molecule has 0 amide bonds. The van der Waals surface area contributed by atoms with E-state index in [4.69, 9.17) is 5.73 Å². The summed E-state index contributed by atoms with van der Waals surface area (Å²) in [5.41, 5.74) is 7.45. The Kier molecular flexibility index (Phi) is 2.73. The number of para-hydroxylation sites is 1. The summed E-state index contributed by atoms with van der Waals surface area (Å²) < 4.78 is 0. The molecule has 14 heavy (non-hydrogen) atoms. The van der Waals surface area contributed by atoms with Crippen molar-refractivity contribution < 1.29 is 5.11 Å². The minimum atomic E-state index is -0.362. The van der Waals surface area contributed by atoms with Crippen molar-refractivity contribution in [1.82, 2.24) is 0 Å². The Morgan fingerprint density at radius 3 is 2.50 bits per heavy atom. The molecule has 0 bridgehead atoms. The summed E-state index contributed by atoms with van der Waals surface area (Å²) in [7, 11) is 0. The molecule has 0 radical (unpaired) electrons. The maximum atomic E-state index is 10.1. The van der Waals surface area contributed by atoms with Gasteiger partial charge >= 0.3 is 0 Å². The molecular weight excluding hydrogens is 174 g/mol. The Labute approximate surface area is 84.7 Å². The maximum absolute atomic E-state index is 10.1. The molecule has 1 aromatic rings.